The predicted octanol–water partition coefficient (Wildman–Crippen LogP) is 5.04. The van der Waals surface area contributed by atoms with E-state index in [4.69, 9.17) is 27.1 Å². The Bertz CT molecular complexity index is 928. The summed E-state index contributed by atoms with van der Waals surface area (Å²) in [6.07, 6.45) is 1.74. The molecule has 0 spiro atoms. The van der Waals surface area contributed by atoms with Crippen molar-refractivity contribution in [2.45, 2.75) is 33.9 Å². The highest BCUT2D eigenvalue weighted by molar-refractivity contribution is 6.32. The van der Waals surface area contributed by atoms with Crippen LogP contribution in [0.3, 0.4) is 0 Å². The van der Waals surface area contributed by atoms with E-state index >= 15 is 0 Å². The summed E-state index contributed by atoms with van der Waals surface area (Å²) >= 11 is 6.34. The molecule has 0 bridgehead atoms. The van der Waals surface area contributed by atoms with Crippen LogP contribution in [0.2, 0.25) is 5.02 Å². The fourth-order valence-electron chi connectivity index (χ4n) is 2.60. The van der Waals surface area contributed by atoms with E-state index in [0.29, 0.717) is 5.02 Å². The number of rotatable bonds is 3. The highest BCUT2D eigenvalue weighted by Crippen LogP contribution is 2.31. The number of carbonyl (C=O) groups excluding carboxylic acids is 1. The van der Waals surface area contributed by atoms with Gasteiger partial charge in [-0.3, -0.25) is 14.8 Å². The van der Waals surface area contributed by atoms with Crippen molar-refractivity contribution < 1.29 is 9.53 Å². The lowest BCUT2D eigenvalue weighted by Crippen LogP contribution is -2.39. The van der Waals surface area contributed by atoms with Gasteiger partial charge in [-0.2, -0.15) is 0 Å². The van der Waals surface area contributed by atoms with E-state index in [0.717, 1.165) is 35.2 Å². The summed E-state index contributed by atoms with van der Waals surface area (Å²) in [5.41, 5.74) is 3.47. The van der Waals surface area contributed by atoms with Gasteiger partial charge >= 0.3 is 0 Å². The Hall–Kier alpha value is -3.03. The van der Waals surface area contributed by atoms with Crippen LogP contribution in [0.4, 0.5) is 0 Å². The van der Waals surface area contributed by atoms with Crippen molar-refractivity contribution in [2.75, 3.05) is 7.11 Å². The fraction of sp³-hybridized carbons (Fsp3) is 0.273. The zero-order valence-corrected chi connectivity index (χ0v) is 18.6. The van der Waals surface area contributed by atoms with Crippen molar-refractivity contribution >= 4 is 28.9 Å². The van der Waals surface area contributed by atoms with Gasteiger partial charge in [-0.25, -0.2) is 5.84 Å². The highest BCUT2D eigenvalue weighted by Gasteiger charge is 2.23. The van der Waals surface area contributed by atoms with Crippen LogP contribution < -0.4 is 10.6 Å². The monoisotopic (exact) mass is 430 g/mol. The summed E-state index contributed by atoms with van der Waals surface area (Å²) in [5, 5.41) is 4.28. The van der Waals surface area contributed by atoms with Crippen LogP contribution >= 0.6 is 11.6 Å². The number of carbonyl (C=O) groups is 1. The van der Waals surface area contributed by atoms with Gasteiger partial charge in [-0.1, -0.05) is 55.8 Å². The maximum atomic E-state index is 9.33. The topological polar surface area (TPSA) is 97.3 Å². The van der Waals surface area contributed by atoms with Crippen LogP contribution in [0.1, 0.15) is 38.8 Å². The third-order valence-electron chi connectivity index (χ3n) is 3.94. The molecule has 1 amide bonds. The second-order valence-corrected chi connectivity index (χ2v) is 6.28. The average molecular weight is 431 g/mol. The maximum absolute atomic E-state index is 9.33. The molecule has 2 aromatic carbocycles. The van der Waals surface area contributed by atoms with E-state index in [1.807, 2.05) is 80.6 Å². The highest BCUT2D eigenvalue weighted by atomic mass is 35.5. The van der Waals surface area contributed by atoms with Crippen molar-refractivity contribution in [3.8, 4) is 5.75 Å². The Labute approximate surface area is 182 Å². The number of methoxy groups -OCH3 is 1. The van der Waals surface area contributed by atoms with Gasteiger partial charge in [0, 0.05) is 28.3 Å². The standard InChI is InChI=1S/C18H18ClN3O.C2H3NO2.C2H6/c1-12-21-16(14-8-4-6-10-18(14)23-2)11-17(22(12)20)13-7-3-5-9-15(13)19;1-2(4)3-5;1-2/h3-12H,20H2,1-2H3;1H3;1-2H3. The van der Waals surface area contributed by atoms with Crippen molar-refractivity contribution in [1.82, 2.24) is 5.01 Å². The van der Waals surface area contributed by atoms with Crippen molar-refractivity contribution in [1.29, 1.82) is 0 Å². The van der Waals surface area contributed by atoms with Gasteiger partial charge in [0.15, 0.2) is 0 Å². The van der Waals surface area contributed by atoms with E-state index in [9.17, 15) is 4.79 Å². The molecule has 0 saturated carbocycles. The molecule has 160 valence electrons. The van der Waals surface area contributed by atoms with Crippen LogP contribution in [0.15, 0.2) is 64.8 Å². The first kappa shape index (κ1) is 25.0. The van der Waals surface area contributed by atoms with Crippen LogP contribution in [-0.2, 0) is 4.79 Å². The number of hydrazine groups is 1. The van der Waals surface area contributed by atoms with E-state index in [2.05, 4.69) is 4.99 Å². The third kappa shape index (κ3) is 6.50. The van der Waals surface area contributed by atoms with Gasteiger partial charge in [0.05, 0.1) is 18.5 Å². The molecule has 2 aromatic rings. The lowest BCUT2D eigenvalue weighted by atomic mass is 10.0. The molecular formula is C22H27ClN4O3. The first-order valence-electron chi connectivity index (χ1n) is 9.44. The Balaban J connectivity index is 0.000000565. The third-order valence-corrected chi connectivity index (χ3v) is 4.27. The molecule has 0 aromatic heterocycles. The van der Waals surface area contributed by atoms with Crippen LogP contribution in [0.5, 0.6) is 5.75 Å². The fourth-order valence-corrected chi connectivity index (χ4v) is 2.83. The number of hydrogen-bond acceptors (Lipinski definition) is 6. The molecule has 30 heavy (non-hydrogen) atoms. The number of allylic oxidation sites excluding steroid dienone is 1. The second kappa shape index (κ2) is 12.5. The minimum absolute atomic E-state index is 0.203. The Kier molecular flexibility index (Phi) is 10.4. The first-order valence-corrected chi connectivity index (χ1v) is 9.82. The SMILES string of the molecule is CC.CC(=O)N=O.COc1ccccc1C1=NC(C)N(N)C(c2ccccc2Cl)=C1. The maximum Gasteiger partial charge on any atom is 0.283 e. The minimum atomic E-state index is -0.676. The van der Waals surface area contributed by atoms with Crippen LogP contribution in [-0.4, -0.2) is 29.9 Å². The Morgan fingerprint density at radius 2 is 1.67 bits per heavy atom. The van der Waals surface area contributed by atoms with E-state index in [-0.39, 0.29) is 6.17 Å². The van der Waals surface area contributed by atoms with E-state index < -0.39 is 5.91 Å². The summed E-state index contributed by atoms with van der Waals surface area (Å²) in [7, 11) is 1.65. The van der Waals surface area contributed by atoms with Crippen molar-refractivity contribution in [3.05, 3.63) is 75.7 Å². The summed E-state index contributed by atoms with van der Waals surface area (Å²) in [4.78, 5) is 22.9. The van der Waals surface area contributed by atoms with Crippen molar-refractivity contribution in [2.24, 2.45) is 16.0 Å². The predicted molar refractivity (Wildman–Crippen MR) is 122 cm³/mol. The smallest absolute Gasteiger partial charge is 0.283 e. The molecule has 1 heterocycles. The molecule has 1 aliphatic heterocycles. The number of nitroso groups, excluding NO2 is 1. The molecule has 3 rings (SSSR count). The van der Waals surface area contributed by atoms with Gasteiger partial charge in [-0.05, 0) is 31.2 Å². The number of para-hydroxylation sites is 1. The average Bonchev–Trinajstić information content (AvgIpc) is 2.78. The molecule has 0 aliphatic carbocycles. The summed E-state index contributed by atoms with van der Waals surface area (Å²) in [5.74, 6) is 6.30. The Morgan fingerprint density at radius 1 is 1.13 bits per heavy atom. The molecule has 7 nitrogen and oxygen atoms in total. The summed E-state index contributed by atoms with van der Waals surface area (Å²) in [6.45, 7) is 7.05. The van der Waals surface area contributed by atoms with Gasteiger partial charge < -0.3 is 4.74 Å². The molecule has 0 radical (unpaired) electrons. The molecule has 0 fully saturated rings. The first-order chi connectivity index (χ1) is 14.4. The number of nitrogens with two attached hydrogens (primary N) is 1. The quantitative estimate of drug-likeness (QED) is 0.543. The summed E-state index contributed by atoms with van der Waals surface area (Å²) in [6, 6.07) is 15.4. The number of hydrogen-bond donors (Lipinski definition) is 1. The number of halogens is 1. The normalized spacial score (nSPS) is 14.8. The number of ether oxygens (including phenoxy) is 1. The molecule has 0 saturated heterocycles. The largest absolute Gasteiger partial charge is 0.496 e. The number of benzene rings is 2. The molecule has 1 unspecified atom stereocenters. The van der Waals surface area contributed by atoms with Crippen molar-refractivity contribution in [3.63, 3.8) is 0 Å². The molecule has 8 heteroatoms. The second-order valence-electron chi connectivity index (χ2n) is 5.87. The molecule has 1 atom stereocenters. The molecule has 1 aliphatic rings. The number of aliphatic imine (C=N–C) groups is 1. The zero-order chi connectivity index (χ0) is 22.7. The lowest BCUT2D eigenvalue weighted by Gasteiger charge is -2.31. The zero-order valence-electron chi connectivity index (χ0n) is 17.8. The van der Waals surface area contributed by atoms with E-state index in [1.165, 1.54) is 0 Å². The van der Waals surface area contributed by atoms with Gasteiger partial charge in [0.2, 0.25) is 0 Å². The van der Waals surface area contributed by atoms with Gasteiger partial charge in [-0.15, -0.1) is 4.91 Å². The van der Waals surface area contributed by atoms with Crippen LogP contribution in [0, 0.1) is 4.91 Å². The van der Waals surface area contributed by atoms with Gasteiger partial charge in [0.25, 0.3) is 5.91 Å². The van der Waals surface area contributed by atoms with Gasteiger partial charge in [0.1, 0.15) is 11.9 Å². The lowest BCUT2D eigenvalue weighted by molar-refractivity contribution is -0.115. The number of amides is 1. The number of nitrogens with zero attached hydrogens (tertiary/aromatic N) is 3. The Morgan fingerprint density at radius 3 is 2.20 bits per heavy atom. The van der Waals surface area contributed by atoms with E-state index in [1.54, 1.807) is 12.1 Å². The summed E-state index contributed by atoms with van der Waals surface area (Å²) < 4.78 is 5.44. The minimum Gasteiger partial charge on any atom is -0.496 e. The molecule has 2 N–H and O–H groups in total. The van der Waals surface area contributed by atoms with Crippen LogP contribution in [0.25, 0.3) is 5.70 Å². The molecular weight excluding hydrogens is 404 g/mol.